The number of nitrogens with two attached hydrogens (primary N) is 1. The van der Waals surface area contributed by atoms with Gasteiger partial charge in [-0.15, -0.1) is 0 Å². The highest BCUT2D eigenvalue weighted by Crippen LogP contribution is 2.17. The van der Waals surface area contributed by atoms with Gasteiger partial charge >= 0.3 is 11.9 Å². The summed E-state index contributed by atoms with van der Waals surface area (Å²) in [5, 5.41) is 26.3. The summed E-state index contributed by atoms with van der Waals surface area (Å²) in [6.07, 6.45) is -0.314. The van der Waals surface area contributed by atoms with Crippen molar-refractivity contribution in [2.45, 2.75) is 18.9 Å². The van der Waals surface area contributed by atoms with Gasteiger partial charge < -0.3 is 15.9 Å². The molecule has 0 heterocycles. The fraction of sp³-hybridized carbons (Fsp3) is 0.308. The van der Waals surface area contributed by atoms with Crippen LogP contribution in [-0.4, -0.2) is 28.2 Å². The molecule has 7 heteroatoms. The molecule has 2 atom stereocenters. The molecule has 0 aliphatic heterocycles. The lowest BCUT2D eigenvalue weighted by atomic mass is 9.92. The summed E-state index contributed by atoms with van der Waals surface area (Å²) >= 11 is 0. The molecular weight excluding hydrogens is 266 g/mol. The van der Waals surface area contributed by atoms with Crippen molar-refractivity contribution in [3.63, 3.8) is 0 Å². The molecule has 1 rings (SSSR count). The molecule has 0 saturated carbocycles. The molecule has 4 N–H and O–H groups in total. The number of carboxylic acid groups (broad SMARTS) is 2. The van der Waals surface area contributed by atoms with Gasteiger partial charge in [0.1, 0.15) is 17.9 Å². The van der Waals surface area contributed by atoms with Crippen LogP contribution in [0.4, 0.5) is 4.39 Å². The third-order valence-electron chi connectivity index (χ3n) is 2.84. The van der Waals surface area contributed by atoms with E-state index in [1.807, 2.05) is 0 Å². The standard InChI is InChI=1S/C13H13FN2O4/c14-10-4-7(1-2-8(10)6-15)3-9(12(17)18)5-11(16)13(19)20/h1-2,4,9,11H,3,5,16H2,(H,17,18)(H,19,20)/i14-1. The van der Waals surface area contributed by atoms with E-state index in [0.29, 0.717) is 5.56 Å². The number of nitrogens with zero attached hydrogens (tertiary/aromatic N) is 1. The van der Waals surface area contributed by atoms with Crippen LogP contribution in [0.3, 0.4) is 0 Å². The Balaban J connectivity index is 2.86. The largest absolute Gasteiger partial charge is 0.481 e. The topological polar surface area (TPSA) is 124 Å². The van der Waals surface area contributed by atoms with Crippen LogP contribution in [0.2, 0.25) is 0 Å². The van der Waals surface area contributed by atoms with Crippen LogP contribution in [0.5, 0.6) is 0 Å². The molecule has 0 saturated heterocycles. The van der Waals surface area contributed by atoms with Gasteiger partial charge in [0, 0.05) is 0 Å². The Morgan fingerprint density at radius 1 is 1.35 bits per heavy atom. The monoisotopic (exact) mass is 279 g/mol. The quantitative estimate of drug-likeness (QED) is 0.705. The van der Waals surface area contributed by atoms with Gasteiger partial charge in [0.2, 0.25) is 0 Å². The number of carbonyl (C=O) groups is 2. The van der Waals surface area contributed by atoms with Crippen molar-refractivity contribution in [3.8, 4) is 6.07 Å². The van der Waals surface area contributed by atoms with Crippen LogP contribution in [0.15, 0.2) is 18.2 Å². The molecular formula is C13H13FN2O4. The maximum Gasteiger partial charge on any atom is 0.320 e. The molecule has 0 aromatic heterocycles. The minimum Gasteiger partial charge on any atom is -0.481 e. The smallest absolute Gasteiger partial charge is 0.320 e. The molecule has 6 nitrogen and oxygen atoms in total. The molecule has 1 aromatic rings. The lowest BCUT2D eigenvalue weighted by Gasteiger charge is -2.15. The predicted octanol–water partition coefficient (Wildman–Crippen LogP) is 0.743. The second-order valence-corrected chi connectivity index (χ2v) is 4.35. The van der Waals surface area contributed by atoms with E-state index in [4.69, 9.17) is 21.2 Å². The second-order valence-electron chi connectivity index (χ2n) is 4.35. The molecule has 0 aliphatic rings. The van der Waals surface area contributed by atoms with Crippen LogP contribution in [-0.2, 0) is 16.0 Å². The Hall–Kier alpha value is -2.46. The van der Waals surface area contributed by atoms with Crippen molar-refractivity contribution >= 4 is 11.9 Å². The summed E-state index contributed by atoms with van der Waals surface area (Å²) in [7, 11) is 0. The zero-order chi connectivity index (χ0) is 15.3. The zero-order valence-corrected chi connectivity index (χ0v) is 10.4. The maximum absolute atomic E-state index is 13.4. The Labute approximate surface area is 114 Å². The number of hydrogen-bond acceptors (Lipinski definition) is 4. The van der Waals surface area contributed by atoms with E-state index >= 15 is 0 Å². The third kappa shape index (κ3) is 4.03. The van der Waals surface area contributed by atoms with E-state index < -0.39 is 29.7 Å². The summed E-state index contributed by atoms with van der Waals surface area (Å²) in [5.41, 5.74) is 5.54. The number of halogens is 1. The van der Waals surface area contributed by atoms with Crippen molar-refractivity contribution in [2.24, 2.45) is 11.7 Å². The van der Waals surface area contributed by atoms with Crippen molar-refractivity contribution in [2.75, 3.05) is 0 Å². The van der Waals surface area contributed by atoms with Gasteiger partial charge in [-0.3, -0.25) is 9.59 Å². The van der Waals surface area contributed by atoms with Gasteiger partial charge in [-0.25, -0.2) is 4.39 Å². The molecule has 0 amide bonds. The number of aliphatic carboxylic acids is 2. The molecule has 20 heavy (non-hydrogen) atoms. The first kappa shape index (κ1) is 15.6. The molecule has 1 aromatic carbocycles. The van der Waals surface area contributed by atoms with E-state index in [2.05, 4.69) is 0 Å². The molecule has 0 spiro atoms. The lowest BCUT2D eigenvalue weighted by molar-refractivity contribution is -0.143. The van der Waals surface area contributed by atoms with Crippen LogP contribution in [0, 0.1) is 23.1 Å². The zero-order valence-electron chi connectivity index (χ0n) is 10.4. The van der Waals surface area contributed by atoms with Gasteiger partial charge in [-0.1, -0.05) is 6.07 Å². The summed E-state index contributed by atoms with van der Waals surface area (Å²) in [6.45, 7) is 0. The first-order chi connectivity index (χ1) is 9.35. The molecule has 0 aliphatic carbocycles. The van der Waals surface area contributed by atoms with Crippen LogP contribution in [0.1, 0.15) is 17.5 Å². The highest BCUT2D eigenvalue weighted by Gasteiger charge is 2.24. The van der Waals surface area contributed by atoms with E-state index in [1.165, 1.54) is 12.1 Å². The SMILES string of the molecule is N#Cc1ccc(CC(CC(N)C(=O)O)C(=O)O)cc1[18F]. The van der Waals surface area contributed by atoms with E-state index in [0.717, 1.165) is 6.07 Å². The molecule has 0 bridgehead atoms. The van der Waals surface area contributed by atoms with Gasteiger partial charge in [0.25, 0.3) is 0 Å². The summed E-state index contributed by atoms with van der Waals surface area (Å²) < 4.78 is 13.4. The van der Waals surface area contributed by atoms with E-state index in [1.54, 1.807) is 6.07 Å². The molecule has 0 radical (unpaired) electrons. The predicted molar refractivity (Wildman–Crippen MR) is 66.2 cm³/mol. The minimum absolute atomic E-state index is 0.0566. The Morgan fingerprint density at radius 2 is 2.00 bits per heavy atom. The minimum atomic E-state index is -1.29. The molecule has 0 fully saturated rings. The van der Waals surface area contributed by atoms with Gasteiger partial charge in [-0.05, 0) is 30.5 Å². The fourth-order valence-corrected chi connectivity index (χ4v) is 1.74. The van der Waals surface area contributed by atoms with Gasteiger partial charge in [-0.2, -0.15) is 5.26 Å². The van der Waals surface area contributed by atoms with Crippen LogP contribution < -0.4 is 5.73 Å². The Morgan fingerprint density at radius 3 is 2.45 bits per heavy atom. The average Bonchev–Trinajstić information content (AvgIpc) is 2.37. The van der Waals surface area contributed by atoms with Crippen molar-refractivity contribution < 1.29 is 24.2 Å². The van der Waals surface area contributed by atoms with Crippen molar-refractivity contribution in [1.29, 1.82) is 5.26 Å². The highest BCUT2D eigenvalue weighted by atomic mass is 18.2. The second kappa shape index (κ2) is 6.63. The summed E-state index contributed by atoms with van der Waals surface area (Å²) in [6, 6.07) is 4.12. The number of rotatable bonds is 6. The Kier molecular flexibility index (Phi) is 5.17. The maximum atomic E-state index is 13.4. The normalized spacial score (nSPS) is 13.2. The molecule has 106 valence electrons. The summed E-state index contributed by atoms with van der Waals surface area (Å²) in [4.78, 5) is 21.7. The summed E-state index contributed by atoms with van der Waals surface area (Å²) in [5.74, 6) is -4.26. The van der Waals surface area contributed by atoms with Crippen molar-refractivity contribution in [1.82, 2.24) is 0 Å². The number of carboxylic acids is 2. The van der Waals surface area contributed by atoms with Gasteiger partial charge in [0.05, 0.1) is 11.5 Å². The number of hydrogen-bond donors (Lipinski definition) is 3. The number of nitriles is 1. The van der Waals surface area contributed by atoms with Crippen molar-refractivity contribution in [3.05, 3.63) is 35.1 Å². The fourth-order valence-electron chi connectivity index (χ4n) is 1.74. The number of benzene rings is 1. The van der Waals surface area contributed by atoms with E-state index in [-0.39, 0.29) is 18.4 Å². The Bertz CT molecular complexity index is 568. The van der Waals surface area contributed by atoms with Gasteiger partial charge in [0.15, 0.2) is 0 Å². The van der Waals surface area contributed by atoms with Crippen LogP contribution in [0.25, 0.3) is 0 Å². The third-order valence-corrected chi connectivity index (χ3v) is 2.84. The first-order valence-corrected chi connectivity index (χ1v) is 5.75. The lowest BCUT2D eigenvalue weighted by Crippen LogP contribution is -2.35. The first-order valence-electron chi connectivity index (χ1n) is 5.75. The van der Waals surface area contributed by atoms with Crippen LogP contribution >= 0.6 is 0 Å². The average molecular weight is 279 g/mol. The molecule has 2 unspecified atom stereocenters. The highest BCUT2D eigenvalue weighted by molar-refractivity contribution is 5.76. The van der Waals surface area contributed by atoms with E-state index in [9.17, 15) is 14.0 Å².